The Hall–Kier alpha value is -2.47. The van der Waals surface area contributed by atoms with E-state index in [4.69, 9.17) is 5.84 Å². The standard InChI is InChI=1S/C12H11FN4O/c13-8-3-5-9(6-4-8)16-12(18)10-2-1-7-15-11(10)17-14/h1-7H,14H2,(H,15,17)(H,16,18). The Morgan fingerprint density at radius 1 is 1.22 bits per heavy atom. The zero-order chi connectivity index (χ0) is 13.0. The molecule has 0 aliphatic heterocycles. The number of nitrogens with two attached hydrogens (primary N) is 1. The Kier molecular flexibility index (Phi) is 3.49. The van der Waals surface area contributed by atoms with Crippen molar-refractivity contribution in [2.24, 2.45) is 5.84 Å². The maximum absolute atomic E-state index is 12.7. The molecule has 0 saturated carbocycles. The number of aromatic nitrogens is 1. The van der Waals surface area contributed by atoms with Crippen LogP contribution in [-0.2, 0) is 0 Å². The van der Waals surface area contributed by atoms with E-state index in [9.17, 15) is 9.18 Å². The predicted molar refractivity (Wildman–Crippen MR) is 66.4 cm³/mol. The van der Waals surface area contributed by atoms with E-state index in [1.807, 2.05) is 0 Å². The smallest absolute Gasteiger partial charge is 0.259 e. The first-order valence-electron chi connectivity index (χ1n) is 5.19. The molecule has 0 saturated heterocycles. The molecule has 0 bridgehead atoms. The van der Waals surface area contributed by atoms with Crippen molar-refractivity contribution < 1.29 is 9.18 Å². The van der Waals surface area contributed by atoms with Crippen LogP contribution in [0, 0.1) is 5.82 Å². The van der Waals surface area contributed by atoms with Gasteiger partial charge in [-0.1, -0.05) is 0 Å². The van der Waals surface area contributed by atoms with Crippen molar-refractivity contribution in [2.75, 3.05) is 10.7 Å². The predicted octanol–water partition coefficient (Wildman–Crippen LogP) is 1.76. The van der Waals surface area contributed by atoms with Crippen LogP contribution >= 0.6 is 0 Å². The quantitative estimate of drug-likeness (QED) is 0.569. The number of hydrogen-bond acceptors (Lipinski definition) is 4. The van der Waals surface area contributed by atoms with Gasteiger partial charge in [-0.25, -0.2) is 15.2 Å². The highest BCUT2D eigenvalue weighted by molar-refractivity contribution is 6.07. The Morgan fingerprint density at radius 2 is 1.94 bits per heavy atom. The van der Waals surface area contributed by atoms with Gasteiger partial charge in [-0.15, -0.1) is 0 Å². The highest BCUT2D eigenvalue weighted by Crippen LogP contribution is 2.14. The third kappa shape index (κ3) is 2.61. The second-order valence-electron chi connectivity index (χ2n) is 3.50. The van der Waals surface area contributed by atoms with Crippen molar-refractivity contribution in [3.05, 3.63) is 54.0 Å². The van der Waals surface area contributed by atoms with Gasteiger partial charge in [-0.3, -0.25) is 4.79 Å². The van der Waals surface area contributed by atoms with Crippen molar-refractivity contribution in [2.45, 2.75) is 0 Å². The molecular formula is C12H11FN4O. The summed E-state index contributed by atoms with van der Waals surface area (Å²) >= 11 is 0. The van der Waals surface area contributed by atoms with E-state index >= 15 is 0 Å². The fraction of sp³-hybridized carbons (Fsp3) is 0. The van der Waals surface area contributed by atoms with Crippen LogP contribution in [0.4, 0.5) is 15.9 Å². The summed E-state index contributed by atoms with van der Waals surface area (Å²) in [6.07, 6.45) is 1.52. The minimum atomic E-state index is -0.373. The fourth-order valence-electron chi connectivity index (χ4n) is 1.44. The van der Waals surface area contributed by atoms with Gasteiger partial charge in [0.15, 0.2) is 5.82 Å². The number of amides is 1. The number of carbonyl (C=O) groups is 1. The first kappa shape index (κ1) is 12.0. The number of halogens is 1. The molecular weight excluding hydrogens is 235 g/mol. The topological polar surface area (TPSA) is 80.0 Å². The highest BCUT2D eigenvalue weighted by atomic mass is 19.1. The van der Waals surface area contributed by atoms with Crippen LogP contribution in [0.2, 0.25) is 0 Å². The van der Waals surface area contributed by atoms with E-state index in [1.54, 1.807) is 12.1 Å². The number of hydrogen-bond donors (Lipinski definition) is 3. The van der Waals surface area contributed by atoms with Crippen LogP contribution in [0.15, 0.2) is 42.6 Å². The molecule has 0 atom stereocenters. The first-order chi connectivity index (χ1) is 8.70. The molecule has 2 aromatic rings. The number of nitrogens with one attached hydrogen (secondary N) is 2. The molecule has 1 aromatic heterocycles. The summed E-state index contributed by atoms with van der Waals surface area (Å²) < 4.78 is 12.7. The van der Waals surface area contributed by atoms with E-state index in [2.05, 4.69) is 15.7 Å². The van der Waals surface area contributed by atoms with Crippen molar-refractivity contribution >= 4 is 17.4 Å². The Balaban J connectivity index is 2.19. The van der Waals surface area contributed by atoms with Gasteiger partial charge in [0.25, 0.3) is 5.91 Å². The van der Waals surface area contributed by atoms with E-state index in [-0.39, 0.29) is 17.5 Å². The summed E-state index contributed by atoms with van der Waals surface area (Å²) in [5.41, 5.74) is 3.14. The summed E-state index contributed by atoms with van der Waals surface area (Å²) in [4.78, 5) is 15.9. The Bertz CT molecular complexity index is 556. The summed E-state index contributed by atoms with van der Waals surface area (Å²) in [7, 11) is 0. The molecule has 1 amide bonds. The average molecular weight is 246 g/mol. The lowest BCUT2D eigenvalue weighted by Gasteiger charge is -2.08. The molecule has 0 aliphatic rings. The molecule has 0 fully saturated rings. The number of carbonyl (C=O) groups excluding carboxylic acids is 1. The molecule has 0 radical (unpaired) electrons. The lowest BCUT2D eigenvalue weighted by Crippen LogP contribution is -2.18. The third-order valence-electron chi connectivity index (χ3n) is 2.29. The van der Waals surface area contributed by atoms with Crippen LogP contribution < -0.4 is 16.6 Å². The van der Waals surface area contributed by atoms with Crippen LogP contribution in [0.3, 0.4) is 0 Å². The molecule has 92 valence electrons. The molecule has 18 heavy (non-hydrogen) atoms. The summed E-state index contributed by atoms with van der Waals surface area (Å²) in [6, 6.07) is 8.68. The van der Waals surface area contributed by atoms with E-state index < -0.39 is 0 Å². The van der Waals surface area contributed by atoms with Gasteiger partial charge in [0.2, 0.25) is 0 Å². The maximum Gasteiger partial charge on any atom is 0.259 e. The Labute approximate surface area is 103 Å². The summed E-state index contributed by atoms with van der Waals surface area (Å²) in [6.45, 7) is 0. The number of rotatable bonds is 3. The number of benzene rings is 1. The number of nitrogens with zero attached hydrogens (tertiary/aromatic N) is 1. The van der Waals surface area contributed by atoms with E-state index in [0.29, 0.717) is 11.3 Å². The monoisotopic (exact) mass is 246 g/mol. The van der Waals surface area contributed by atoms with Gasteiger partial charge in [0, 0.05) is 11.9 Å². The minimum absolute atomic E-state index is 0.275. The van der Waals surface area contributed by atoms with Gasteiger partial charge >= 0.3 is 0 Å². The molecule has 0 spiro atoms. The summed E-state index contributed by atoms with van der Waals surface area (Å²) in [5.74, 6) is 4.80. The van der Waals surface area contributed by atoms with E-state index in [0.717, 1.165) is 0 Å². The number of nitrogen functional groups attached to an aromatic ring is 1. The van der Waals surface area contributed by atoms with Gasteiger partial charge in [0.1, 0.15) is 5.82 Å². The molecule has 0 unspecified atom stereocenters. The zero-order valence-electron chi connectivity index (χ0n) is 9.35. The zero-order valence-corrected chi connectivity index (χ0v) is 9.35. The second kappa shape index (κ2) is 5.24. The second-order valence-corrected chi connectivity index (χ2v) is 3.50. The molecule has 4 N–H and O–H groups in total. The van der Waals surface area contributed by atoms with E-state index in [1.165, 1.54) is 30.5 Å². The lowest BCUT2D eigenvalue weighted by atomic mass is 10.2. The third-order valence-corrected chi connectivity index (χ3v) is 2.29. The van der Waals surface area contributed by atoms with Crippen LogP contribution in [0.1, 0.15) is 10.4 Å². The normalized spacial score (nSPS) is 9.89. The molecule has 6 heteroatoms. The van der Waals surface area contributed by atoms with Crippen LogP contribution in [-0.4, -0.2) is 10.9 Å². The molecule has 0 aliphatic carbocycles. The molecule has 1 heterocycles. The largest absolute Gasteiger partial charge is 0.322 e. The van der Waals surface area contributed by atoms with Crippen molar-refractivity contribution in [3.63, 3.8) is 0 Å². The highest BCUT2D eigenvalue weighted by Gasteiger charge is 2.11. The number of anilines is 2. The van der Waals surface area contributed by atoms with Crippen LogP contribution in [0.25, 0.3) is 0 Å². The van der Waals surface area contributed by atoms with Crippen molar-refractivity contribution in [1.82, 2.24) is 4.98 Å². The van der Waals surface area contributed by atoms with Gasteiger partial charge < -0.3 is 10.7 Å². The fourth-order valence-corrected chi connectivity index (χ4v) is 1.44. The Morgan fingerprint density at radius 3 is 2.61 bits per heavy atom. The average Bonchev–Trinajstić information content (AvgIpc) is 2.41. The SMILES string of the molecule is NNc1ncccc1C(=O)Nc1ccc(F)cc1. The van der Waals surface area contributed by atoms with Gasteiger partial charge in [-0.05, 0) is 36.4 Å². The first-order valence-corrected chi connectivity index (χ1v) is 5.19. The van der Waals surface area contributed by atoms with Gasteiger partial charge in [-0.2, -0.15) is 0 Å². The van der Waals surface area contributed by atoms with Crippen molar-refractivity contribution in [3.8, 4) is 0 Å². The molecule has 2 rings (SSSR count). The van der Waals surface area contributed by atoms with Crippen molar-refractivity contribution in [1.29, 1.82) is 0 Å². The number of hydrazine groups is 1. The molecule has 5 nitrogen and oxygen atoms in total. The van der Waals surface area contributed by atoms with Crippen LogP contribution in [0.5, 0.6) is 0 Å². The maximum atomic E-state index is 12.7. The summed E-state index contributed by atoms with van der Waals surface area (Å²) in [5, 5.41) is 2.62. The lowest BCUT2D eigenvalue weighted by molar-refractivity contribution is 0.102. The molecule has 1 aromatic carbocycles. The number of pyridine rings is 1. The minimum Gasteiger partial charge on any atom is -0.322 e. The van der Waals surface area contributed by atoms with Gasteiger partial charge in [0.05, 0.1) is 5.56 Å².